The van der Waals surface area contributed by atoms with Gasteiger partial charge in [-0.15, -0.1) is 0 Å². The van der Waals surface area contributed by atoms with Gasteiger partial charge in [-0.2, -0.15) is 0 Å². The zero-order valence-corrected chi connectivity index (χ0v) is 19.6. The molecule has 3 fully saturated rings. The number of urea groups is 1. The van der Waals surface area contributed by atoms with Gasteiger partial charge in [0.2, 0.25) is 5.91 Å². The molecule has 1 aromatic carbocycles. The summed E-state index contributed by atoms with van der Waals surface area (Å²) < 4.78 is 0. The van der Waals surface area contributed by atoms with E-state index in [1.54, 1.807) is 0 Å². The predicted octanol–water partition coefficient (Wildman–Crippen LogP) is 3.82. The number of hydrogen-bond acceptors (Lipinski definition) is 3. The summed E-state index contributed by atoms with van der Waals surface area (Å²) in [5.74, 6) is 0.949. The number of para-hydroxylation sites is 1. The molecular formula is C25H38N4O2. The van der Waals surface area contributed by atoms with Crippen molar-refractivity contribution in [1.82, 2.24) is 14.7 Å². The van der Waals surface area contributed by atoms with E-state index in [0.717, 1.165) is 63.2 Å². The van der Waals surface area contributed by atoms with Crippen LogP contribution in [0.4, 0.5) is 10.5 Å². The van der Waals surface area contributed by atoms with E-state index >= 15 is 0 Å². The zero-order chi connectivity index (χ0) is 22.2. The van der Waals surface area contributed by atoms with E-state index < -0.39 is 0 Å². The number of nitrogens with zero attached hydrogens (tertiary/aromatic N) is 3. The Morgan fingerprint density at radius 1 is 1.10 bits per heavy atom. The summed E-state index contributed by atoms with van der Waals surface area (Å²) in [6, 6.07) is 7.87. The fraction of sp³-hybridized carbons (Fsp3) is 0.680. The first kappa shape index (κ1) is 22.1. The van der Waals surface area contributed by atoms with Crippen molar-refractivity contribution < 1.29 is 9.59 Å². The first-order valence-electron chi connectivity index (χ1n) is 11.9. The van der Waals surface area contributed by atoms with Crippen molar-refractivity contribution in [1.29, 1.82) is 0 Å². The maximum atomic E-state index is 13.6. The van der Waals surface area contributed by atoms with Gasteiger partial charge in [-0.05, 0) is 50.7 Å². The Balaban J connectivity index is 1.50. The Morgan fingerprint density at radius 2 is 1.81 bits per heavy atom. The van der Waals surface area contributed by atoms with E-state index in [1.165, 1.54) is 0 Å². The number of aryl methyl sites for hydroxylation is 1. The number of hydrogen-bond donors (Lipinski definition) is 1. The lowest BCUT2D eigenvalue weighted by molar-refractivity contribution is -0.141. The average molecular weight is 427 g/mol. The normalized spacial score (nSPS) is 25.9. The topological polar surface area (TPSA) is 55.9 Å². The van der Waals surface area contributed by atoms with Gasteiger partial charge in [-0.1, -0.05) is 32.0 Å². The smallest absolute Gasteiger partial charge is 0.321 e. The molecule has 0 radical (unpaired) electrons. The number of likely N-dealkylation sites (tertiary alicyclic amines) is 3. The molecule has 3 aliphatic heterocycles. The summed E-state index contributed by atoms with van der Waals surface area (Å²) in [6.45, 7) is 14.6. The Hall–Kier alpha value is -2.08. The number of carbonyl (C=O) groups is 2. The van der Waals surface area contributed by atoms with Crippen LogP contribution < -0.4 is 5.32 Å². The molecule has 1 aromatic rings. The molecule has 0 aromatic heterocycles. The monoisotopic (exact) mass is 426 g/mol. The van der Waals surface area contributed by atoms with E-state index in [4.69, 9.17) is 0 Å². The van der Waals surface area contributed by atoms with E-state index in [1.807, 2.05) is 36.1 Å². The van der Waals surface area contributed by atoms with Gasteiger partial charge in [0, 0.05) is 56.9 Å². The van der Waals surface area contributed by atoms with Crippen LogP contribution in [0.5, 0.6) is 0 Å². The van der Waals surface area contributed by atoms with Crippen molar-refractivity contribution in [2.45, 2.75) is 47.0 Å². The molecule has 4 rings (SSSR count). The summed E-state index contributed by atoms with van der Waals surface area (Å²) in [6.07, 6.45) is 2.78. The summed E-state index contributed by atoms with van der Waals surface area (Å²) in [5.41, 5.74) is 1.66. The fourth-order valence-electron chi connectivity index (χ4n) is 6.29. The van der Waals surface area contributed by atoms with Crippen LogP contribution in [0.2, 0.25) is 0 Å². The molecule has 0 aliphatic carbocycles. The lowest BCUT2D eigenvalue weighted by Gasteiger charge is -2.47. The molecule has 3 heterocycles. The number of nitrogens with one attached hydrogen (secondary N) is 1. The average Bonchev–Trinajstić information content (AvgIpc) is 3.21. The maximum absolute atomic E-state index is 13.6. The molecule has 1 N–H and O–H groups in total. The van der Waals surface area contributed by atoms with Crippen molar-refractivity contribution in [2.24, 2.45) is 16.7 Å². The van der Waals surface area contributed by atoms with Gasteiger partial charge in [-0.3, -0.25) is 4.79 Å². The molecule has 1 unspecified atom stereocenters. The van der Waals surface area contributed by atoms with Crippen LogP contribution >= 0.6 is 0 Å². The molecule has 1 atom stereocenters. The van der Waals surface area contributed by atoms with Crippen LogP contribution in [0.25, 0.3) is 0 Å². The van der Waals surface area contributed by atoms with Crippen molar-refractivity contribution in [2.75, 3.05) is 51.1 Å². The fourth-order valence-corrected chi connectivity index (χ4v) is 6.29. The molecular weight excluding hydrogens is 388 g/mol. The largest absolute Gasteiger partial charge is 0.342 e. The Labute approximate surface area is 187 Å². The molecule has 2 spiro atoms. The van der Waals surface area contributed by atoms with Gasteiger partial charge in [0.25, 0.3) is 0 Å². The molecule has 31 heavy (non-hydrogen) atoms. The van der Waals surface area contributed by atoms with Gasteiger partial charge in [0.05, 0.1) is 5.41 Å². The summed E-state index contributed by atoms with van der Waals surface area (Å²) >= 11 is 0. The lowest BCUT2D eigenvalue weighted by atomic mass is 9.60. The van der Waals surface area contributed by atoms with Crippen molar-refractivity contribution in [3.8, 4) is 0 Å². The van der Waals surface area contributed by atoms with Crippen molar-refractivity contribution in [3.63, 3.8) is 0 Å². The first-order valence-corrected chi connectivity index (χ1v) is 11.9. The van der Waals surface area contributed by atoms with Gasteiger partial charge in [0.1, 0.15) is 0 Å². The van der Waals surface area contributed by atoms with E-state index in [2.05, 4.69) is 35.9 Å². The summed E-state index contributed by atoms with van der Waals surface area (Å²) in [5, 5.41) is 3.08. The van der Waals surface area contributed by atoms with Crippen molar-refractivity contribution in [3.05, 3.63) is 29.8 Å². The van der Waals surface area contributed by atoms with E-state index in [0.29, 0.717) is 24.9 Å². The highest BCUT2D eigenvalue weighted by molar-refractivity contribution is 5.90. The minimum atomic E-state index is -0.267. The second-order valence-corrected chi connectivity index (χ2v) is 10.3. The van der Waals surface area contributed by atoms with Gasteiger partial charge >= 0.3 is 6.03 Å². The third kappa shape index (κ3) is 3.84. The van der Waals surface area contributed by atoms with Crippen LogP contribution in [0.15, 0.2) is 24.3 Å². The molecule has 0 bridgehead atoms. The lowest BCUT2D eigenvalue weighted by Crippen LogP contribution is -2.54. The Morgan fingerprint density at radius 3 is 2.42 bits per heavy atom. The predicted molar refractivity (Wildman–Crippen MR) is 124 cm³/mol. The third-order valence-electron chi connectivity index (χ3n) is 7.94. The molecule has 0 saturated carbocycles. The minimum absolute atomic E-state index is 0.0116. The van der Waals surface area contributed by atoms with E-state index in [9.17, 15) is 9.59 Å². The molecule has 6 heteroatoms. The van der Waals surface area contributed by atoms with Crippen LogP contribution in [-0.4, -0.2) is 72.5 Å². The molecule has 170 valence electrons. The SMILES string of the molecule is CCN1CCC2(CN(CC(C)C)CC23CCN(C(=O)Nc2ccccc2C)CC3)C1=O. The van der Waals surface area contributed by atoms with Gasteiger partial charge in [-0.25, -0.2) is 4.79 Å². The van der Waals surface area contributed by atoms with Crippen LogP contribution in [0.3, 0.4) is 0 Å². The number of rotatable bonds is 4. The highest BCUT2D eigenvalue weighted by atomic mass is 16.2. The Bertz CT molecular complexity index is 831. The van der Waals surface area contributed by atoms with Crippen LogP contribution in [0.1, 0.15) is 45.6 Å². The number of amides is 3. The van der Waals surface area contributed by atoms with Crippen LogP contribution in [-0.2, 0) is 4.79 Å². The highest BCUT2D eigenvalue weighted by Crippen LogP contribution is 2.57. The number of benzene rings is 1. The first-order chi connectivity index (χ1) is 14.8. The number of fused-ring (bicyclic) bond motifs is 1. The maximum Gasteiger partial charge on any atom is 0.321 e. The quantitative estimate of drug-likeness (QED) is 0.796. The van der Waals surface area contributed by atoms with E-state index in [-0.39, 0.29) is 16.9 Å². The number of anilines is 1. The Kier molecular flexibility index (Phi) is 6.03. The van der Waals surface area contributed by atoms with Gasteiger partial charge in [0.15, 0.2) is 0 Å². The number of piperidine rings is 1. The summed E-state index contributed by atoms with van der Waals surface area (Å²) in [7, 11) is 0. The molecule has 3 aliphatic rings. The van der Waals surface area contributed by atoms with Crippen molar-refractivity contribution >= 4 is 17.6 Å². The minimum Gasteiger partial charge on any atom is -0.342 e. The number of carbonyl (C=O) groups excluding carboxylic acids is 2. The third-order valence-corrected chi connectivity index (χ3v) is 7.94. The second-order valence-electron chi connectivity index (χ2n) is 10.3. The zero-order valence-electron chi connectivity index (χ0n) is 19.6. The summed E-state index contributed by atoms with van der Waals surface area (Å²) in [4.78, 5) is 33.0. The van der Waals surface area contributed by atoms with Crippen LogP contribution in [0, 0.1) is 23.7 Å². The van der Waals surface area contributed by atoms with Gasteiger partial charge < -0.3 is 20.0 Å². The standard InChI is InChI=1S/C25H38N4O2/c1-5-28-15-12-25(22(28)30)18-27(16-19(2)3)17-24(25)10-13-29(14-11-24)23(31)26-21-9-7-6-8-20(21)4/h6-9,19H,5,10-18H2,1-4H3,(H,26,31). The second kappa shape index (κ2) is 8.45. The molecule has 3 saturated heterocycles. The molecule has 3 amide bonds. The highest BCUT2D eigenvalue weighted by Gasteiger charge is 2.64. The molecule has 6 nitrogen and oxygen atoms in total.